The second-order valence-electron chi connectivity index (χ2n) is 6.30. The lowest BCUT2D eigenvalue weighted by Crippen LogP contribution is -2.48. The quantitative estimate of drug-likeness (QED) is 0.776. The van der Waals surface area contributed by atoms with Gasteiger partial charge in [0.2, 0.25) is 10.0 Å². The Morgan fingerprint density at radius 1 is 1.25 bits per heavy atom. The standard InChI is InChI=1S/C17H26N2O4S/c1-13(14(2)20)15-5-6-17(16(11-15)12-23-3)18-7-9-19(10-8-18)24(4,21)22/h5-6,11,13H,7-10,12H2,1-4H3. The van der Waals surface area contributed by atoms with E-state index >= 15 is 0 Å². The molecular weight excluding hydrogens is 328 g/mol. The first-order valence-electron chi connectivity index (χ1n) is 8.06. The fourth-order valence-corrected chi connectivity index (χ4v) is 3.78. The van der Waals surface area contributed by atoms with Gasteiger partial charge in [-0.2, -0.15) is 4.31 Å². The molecule has 0 aromatic heterocycles. The van der Waals surface area contributed by atoms with Crippen LogP contribution in [-0.2, 0) is 26.2 Å². The molecule has 1 atom stereocenters. The SMILES string of the molecule is COCc1cc(C(C)C(C)=O)ccc1N1CCN(S(C)(=O)=O)CC1. The highest BCUT2D eigenvalue weighted by Crippen LogP contribution is 2.28. The van der Waals surface area contributed by atoms with E-state index in [1.54, 1.807) is 14.0 Å². The van der Waals surface area contributed by atoms with Crippen molar-refractivity contribution in [1.29, 1.82) is 0 Å². The molecule has 0 N–H and O–H groups in total. The Balaban J connectivity index is 2.22. The molecule has 0 aliphatic carbocycles. The van der Waals surface area contributed by atoms with Gasteiger partial charge < -0.3 is 9.64 Å². The molecule has 24 heavy (non-hydrogen) atoms. The van der Waals surface area contributed by atoms with Gasteiger partial charge in [-0.15, -0.1) is 0 Å². The maximum absolute atomic E-state index is 11.6. The second kappa shape index (κ2) is 7.63. The number of hydrogen-bond acceptors (Lipinski definition) is 5. The van der Waals surface area contributed by atoms with E-state index in [1.165, 1.54) is 10.6 Å². The van der Waals surface area contributed by atoms with Crippen LogP contribution in [-0.4, -0.2) is 58.1 Å². The highest BCUT2D eigenvalue weighted by Gasteiger charge is 2.25. The van der Waals surface area contributed by atoms with E-state index < -0.39 is 10.0 Å². The summed E-state index contributed by atoms with van der Waals surface area (Å²) in [5.74, 6) is -0.00961. The number of Topliss-reactive ketones (excluding diaryl/α,β-unsaturated/α-hetero) is 1. The molecule has 1 aliphatic heterocycles. The Hall–Kier alpha value is -1.44. The predicted octanol–water partition coefficient (Wildman–Crippen LogP) is 1.61. The number of piperazine rings is 1. The summed E-state index contributed by atoms with van der Waals surface area (Å²) in [6, 6.07) is 6.01. The van der Waals surface area contributed by atoms with Gasteiger partial charge in [-0.1, -0.05) is 19.1 Å². The summed E-state index contributed by atoms with van der Waals surface area (Å²) in [6.45, 7) is 6.21. The topological polar surface area (TPSA) is 66.9 Å². The van der Waals surface area contributed by atoms with Crippen molar-refractivity contribution in [2.45, 2.75) is 26.4 Å². The van der Waals surface area contributed by atoms with Crippen molar-refractivity contribution in [2.75, 3.05) is 44.4 Å². The Labute approximate surface area is 144 Å². The molecule has 0 amide bonds. The highest BCUT2D eigenvalue weighted by molar-refractivity contribution is 7.88. The van der Waals surface area contributed by atoms with Crippen LogP contribution in [0.25, 0.3) is 0 Å². The summed E-state index contributed by atoms with van der Waals surface area (Å²) in [6.07, 6.45) is 1.25. The number of carbonyl (C=O) groups is 1. The number of methoxy groups -OCH3 is 1. The average Bonchev–Trinajstić information content (AvgIpc) is 2.53. The molecule has 1 aliphatic rings. The summed E-state index contributed by atoms with van der Waals surface area (Å²) in [5.41, 5.74) is 3.05. The number of ether oxygens (including phenoxy) is 1. The van der Waals surface area contributed by atoms with E-state index in [9.17, 15) is 13.2 Å². The van der Waals surface area contributed by atoms with Crippen molar-refractivity contribution in [3.63, 3.8) is 0 Å². The number of benzene rings is 1. The number of nitrogens with zero attached hydrogens (tertiary/aromatic N) is 2. The Bertz CT molecular complexity index is 695. The van der Waals surface area contributed by atoms with Crippen LogP contribution in [0, 0.1) is 0 Å². The van der Waals surface area contributed by atoms with Gasteiger partial charge in [-0.25, -0.2) is 8.42 Å². The minimum atomic E-state index is -3.13. The molecule has 1 aromatic carbocycles. The molecule has 0 saturated carbocycles. The third kappa shape index (κ3) is 4.34. The average molecular weight is 354 g/mol. The van der Waals surface area contributed by atoms with Crippen LogP contribution in [0.15, 0.2) is 18.2 Å². The Morgan fingerprint density at radius 2 is 1.88 bits per heavy atom. The number of sulfonamides is 1. The molecular formula is C17H26N2O4S. The van der Waals surface area contributed by atoms with Crippen molar-refractivity contribution in [2.24, 2.45) is 0 Å². The summed E-state index contributed by atoms with van der Waals surface area (Å²) >= 11 is 0. The molecule has 1 heterocycles. The monoisotopic (exact) mass is 354 g/mol. The maximum atomic E-state index is 11.6. The van der Waals surface area contributed by atoms with Crippen LogP contribution in [0.5, 0.6) is 0 Å². The first kappa shape index (κ1) is 18.9. The minimum Gasteiger partial charge on any atom is -0.380 e. The van der Waals surface area contributed by atoms with Gasteiger partial charge in [-0.05, 0) is 18.6 Å². The van der Waals surface area contributed by atoms with Gasteiger partial charge in [0, 0.05) is 50.5 Å². The highest BCUT2D eigenvalue weighted by atomic mass is 32.2. The van der Waals surface area contributed by atoms with Crippen molar-refractivity contribution in [3.8, 4) is 0 Å². The second-order valence-corrected chi connectivity index (χ2v) is 8.29. The molecule has 1 saturated heterocycles. The van der Waals surface area contributed by atoms with Gasteiger partial charge in [-0.3, -0.25) is 4.79 Å². The van der Waals surface area contributed by atoms with Gasteiger partial charge in [0.15, 0.2) is 0 Å². The predicted molar refractivity (Wildman–Crippen MR) is 94.9 cm³/mol. The van der Waals surface area contributed by atoms with Crippen molar-refractivity contribution < 1.29 is 17.9 Å². The van der Waals surface area contributed by atoms with Crippen molar-refractivity contribution in [3.05, 3.63) is 29.3 Å². The van der Waals surface area contributed by atoms with E-state index in [2.05, 4.69) is 4.90 Å². The lowest BCUT2D eigenvalue weighted by molar-refractivity contribution is -0.118. The smallest absolute Gasteiger partial charge is 0.211 e. The van der Waals surface area contributed by atoms with Crippen LogP contribution in [0.1, 0.15) is 30.9 Å². The minimum absolute atomic E-state index is 0.132. The van der Waals surface area contributed by atoms with Crippen LogP contribution in [0.3, 0.4) is 0 Å². The molecule has 1 fully saturated rings. The van der Waals surface area contributed by atoms with Crippen LogP contribution >= 0.6 is 0 Å². The van der Waals surface area contributed by atoms with Gasteiger partial charge in [0.25, 0.3) is 0 Å². The normalized spacial score (nSPS) is 17.8. The van der Waals surface area contributed by atoms with Crippen molar-refractivity contribution >= 4 is 21.5 Å². The van der Waals surface area contributed by atoms with E-state index in [0.717, 1.165) is 16.8 Å². The third-order valence-corrected chi connectivity index (χ3v) is 5.86. The fourth-order valence-electron chi connectivity index (χ4n) is 2.95. The third-order valence-electron chi connectivity index (χ3n) is 4.56. The van der Waals surface area contributed by atoms with E-state index in [4.69, 9.17) is 4.74 Å². The first-order chi connectivity index (χ1) is 11.2. The molecule has 2 rings (SSSR count). The first-order valence-corrected chi connectivity index (χ1v) is 9.91. The zero-order valence-corrected chi connectivity index (χ0v) is 15.6. The largest absolute Gasteiger partial charge is 0.380 e. The van der Waals surface area contributed by atoms with Crippen LogP contribution < -0.4 is 4.90 Å². The van der Waals surface area contributed by atoms with Gasteiger partial charge in [0.1, 0.15) is 5.78 Å². The number of ketones is 1. The molecule has 0 spiro atoms. The number of carbonyl (C=O) groups excluding carboxylic acids is 1. The van der Waals surface area contributed by atoms with Gasteiger partial charge >= 0.3 is 0 Å². The maximum Gasteiger partial charge on any atom is 0.211 e. The van der Waals surface area contributed by atoms with Crippen LogP contribution in [0.4, 0.5) is 5.69 Å². The van der Waals surface area contributed by atoms with E-state index in [0.29, 0.717) is 32.8 Å². The molecule has 6 nitrogen and oxygen atoms in total. The van der Waals surface area contributed by atoms with E-state index in [-0.39, 0.29) is 11.7 Å². The summed E-state index contributed by atoms with van der Waals surface area (Å²) in [4.78, 5) is 13.8. The lowest BCUT2D eigenvalue weighted by atomic mass is 9.95. The van der Waals surface area contributed by atoms with E-state index in [1.807, 2.05) is 25.1 Å². The summed E-state index contributed by atoms with van der Waals surface area (Å²) < 4.78 is 30.1. The lowest BCUT2D eigenvalue weighted by Gasteiger charge is -2.36. The zero-order valence-electron chi connectivity index (χ0n) is 14.8. The van der Waals surface area contributed by atoms with Crippen molar-refractivity contribution in [1.82, 2.24) is 4.31 Å². The summed E-state index contributed by atoms with van der Waals surface area (Å²) in [5, 5.41) is 0. The molecule has 0 radical (unpaired) electrons. The molecule has 1 unspecified atom stereocenters. The molecule has 0 bridgehead atoms. The Kier molecular flexibility index (Phi) is 6.01. The summed E-state index contributed by atoms with van der Waals surface area (Å²) in [7, 11) is -1.49. The number of hydrogen-bond donors (Lipinski definition) is 0. The molecule has 1 aromatic rings. The Morgan fingerprint density at radius 3 is 2.38 bits per heavy atom. The van der Waals surface area contributed by atoms with Crippen LogP contribution in [0.2, 0.25) is 0 Å². The number of rotatable bonds is 6. The molecule has 134 valence electrons. The fraction of sp³-hybridized carbons (Fsp3) is 0.588. The number of anilines is 1. The molecule has 7 heteroatoms. The van der Waals surface area contributed by atoms with Gasteiger partial charge in [0.05, 0.1) is 12.9 Å². The zero-order chi connectivity index (χ0) is 17.9.